The first-order valence-electron chi connectivity index (χ1n) is 3.45. The first-order chi connectivity index (χ1) is 5.61. The molecule has 0 saturated heterocycles. The predicted octanol–water partition coefficient (Wildman–Crippen LogP) is 2.51. The second-order valence-electron chi connectivity index (χ2n) is 2.53. The summed E-state index contributed by atoms with van der Waals surface area (Å²) in [5.74, 6) is 0. The third kappa shape index (κ3) is 1.95. The molecule has 0 aromatic heterocycles. The summed E-state index contributed by atoms with van der Waals surface area (Å²) in [6.07, 6.45) is 0. The fraction of sp³-hybridized carbons (Fsp3) is 0.250. The van der Waals surface area contributed by atoms with E-state index >= 15 is 0 Å². The first-order valence-corrected chi connectivity index (χ1v) is 3.89. The Kier molecular flexibility index (Phi) is 2.65. The van der Waals surface area contributed by atoms with Crippen LogP contribution in [-0.4, -0.2) is 4.92 Å². The lowest BCUT2D eigenvalue weighted by molar-refractivity contribution is -0.503. The van der Waals surface area contributed by atoms with E-state index in [4.69, 9.17) is 11.6 Å². The molecule has 0 fully saturated rings. The van der Waals surface area contributed by atoms with Gasteiger partial charge in [0.05, 0.1) is 0 Å². The molecule has 0 aliphatic rings. The second-order valence-corrected chi connectivity index (χ2v) is 2.95. The Bertz CT molecular complexity index is 284. The Morgan fingerprint density at radius 1 is 1.42 bits per heavy atom. The van der Waals surface area contributed by atoms with Gasteiger partial charge in [0.15, 0.2) is 0 Å². The molecule has 12 heavy (non-hydrogen) atoms. The molecule has 0 saturated carbocycles. The lowest BCUT2D eigenvalue weighted by atomic mass is 10.1. The number of hydrogen-bond acceptors (Lipinski definition) is 2. The molecule has 1 rings (SSSR count). The van der Waals surface area contributed by atoms with Gasteiger partial charge in [-0.25, -0.2) is 0 Å². The van der Waals surface area contributed by atoms with Crippen molar-refractivity contribution in [2.45, 2.75) is 12.4 Å². The summed E-state index contributed by atoms with van der Waals surface area (Å²) in [5, 5.41) is 10.3. The van der Waals surface area contributed by atoms with E-state index in [-0.39, 0.29) is 0 Å². The zero-order valence-corrected chi connectivity index (χ0v) is 7.28. The minimum atomic E-state index is -1.13. The van der Waals surface area contributed by atoms with Crippen LogP contribution in [0.25, 0.3) is 0 Å². The number of aryl methyl sites for hydroxylation is 1. The van der Waals surface area contributed by atoms with E-state index < -0.39 is 10.4 Å². The molecule has 0 amide bonds. The van der Waals surface area contributed by atoms with Gasteiger partial charge >= 0.3 is 5.50 Å². The molecular weight excluding hydrogens is 178 g/mol. The van der Waals surface area contributed by atoms with Crippen LogP contribution in [0.4, 0.5) is 0 Å². The summed E-state index contributed by atoms with van der Waals surface area (Å²) >= 11 is 5.49. The lowest BCUT2D eigenvalue weighted by Crippen LogP contribution is -2.02. The molecule has 0 bridgehead atoms. The second kappa shape index (κ2) is 3.54. The van der Waals surface area contributed by atoms with Gasteiger partial charge in [-0.15, -0.1) is 0 Å². The van der Waals surface area contributed by atoms with Gasteiger partial charge in [0.1, 0.15) is 0 Å². The van der Waals surface area contributed by atoms with Crippen LogP contribution in [0.1, 0.15) is 16.6 Å². The van der Waals surface area contributed by atoms with E-state index in [1.165, 1.54) is 0 Å². The van der Waals surface area contributed by atoms with Gasteiger partial charge in [0.2, 0.25) is 0 Å². The molecule has 4 heteroatoms. The van der Waals surface area contributed by atoms with Crippen LogP contribution >= 0.6 is 11.6 Å². The maximum absolute atomic E-state index is 10.3. The zero-order valence-electron chi connectivity index (χ0n) is 6.53. The number of halogens is 1. The highest BCUT2D eigenvalue weighted by molar-refractivity contribution is 6.19. The molecule has 0 aliphatic carbocycles. The zero-order chi connectivity index (χ0) is 9.14. The van der Waals surface area contributed by atoms with E-state index in [2.05, 4.69) is 0 Å². The number of benzene rings is 1. The Morgan fingerprint density at radius 2 is 1.92 bits per heavy atom. The van der Waals surface area contributed by atoms with E-state index in [0.717, 1.165) is 5.56 Å². The van der Waals surface area contributed by atoms with Crippen molar-refractivity contribution in [3.05, 3.63) is 45.5 Å². The predicted molar refractivity (Wildman–Crippen MR) is 46.8 cm³/mol. The fourth-order valence-electron chi connectivity index (χ4n) is 0.847. The molecule has 0 radical (unpaired) electrons. The largest absolute Gasteiger partial charge is 0.311 e. The third-order valence-electron chi connectivity index (χ3n) is 1.54. The summed E-state index contributed by atoms with van der Waals surface area (Å²) in [4.78, 5) is 9.74. The maximum Gasteiger partial charge on any atom is 0.311 e. The molecule has 1 aromatic rings. The highest BCUT2D eigenvalue weighted by atomic mass is 35.5. The van der Waals surface area contributed by atoms with Crippen molar-refractivity contribution in [3.8, 4) is 0 Å². The Morgan fingerprint density at radius 3 is 2.33 bits per heavy atom. The van der Waals surface area contributed by atoms with Gasteiger partial charge in [0, 0.05) is 10.5 Å². The van der Waals surface area contributed by atoms with E-state index in [9.17, 15) is 10.1 Å². The fourth-order valence-corrected chi connectivity index (χ4v) is 0.992. The number of nitrogens with zero attached hydrogens (tertiary/aromatic N) is 1. The number of hydrogen-bond donors (Lipinski definition) is 0. The number of rotatable bonds is 2. The smallest absolute Gasteiger partial charge is 0.263 e. The van der Waals surface area contributed by atoms with Crippen LogP contribution in [0.5, 0.6) is 0 Å². The molecule has 0 spiro atoms. The topological polar surface area (TPSA) is 43.1 Å². The number of alkyl halides is 1. The average Bonchev–Trinajstić information content (AvgIpc) is 2.04. The first kappa shape index (κ1) is 9.00. The quantitative estimate of drug-likeness (QED) is 0.308. The molecule has 1 atom stereocenters. The maximum atomic E-state index is 10.3. The Balaban J connectivity index is 2.89. The molecule has 64 valence electrons. The van der Waals surface area contributed by atoms with Crippen LogP contribution in [0.3, 0.4) is 0 Å². The van der Waals surface area contributed by atoms with Gasteiger partial charge in [-0.05, 0) is 18.5 Å². The SMILES string of the molecule is Cc1ccc(C(Cl)[N+](=O)[O-])cc1. The summed E-state index contributed by atoms with van der Waals surface area (Å²) in [6, 6.07) is 6.92. The average molecular weight is 186 g/mol. The van der Waals surface area contributed by atoms with Crippen molar-refractivity contribution < 1.29 is 4.92 Å². The monoisotopic (exact) mass is 185 g/mol. The standard InChI is InChI=1S/C8H8ClNO2/c1-6-2-4-7(5-3-6)8(9)10(11)12/h2-5,8H,1H3. The molecular formula is C8H8ClNO2. The van der Waals surface area contributed by atoms with Gasteiger partial charge in [-0.2, -0.15) is 0 Å². The lowest BCUT2D eigenvalue weighted by Gasteiger charge is -2.01. The van der Waals surface area contributed by atoms with Crippen LogP contribution in [0, 0.1) is 17.0 Å². The third-order valence-corrected chi connectivity index (χ3v) is 1.95. The molecule has 1 unspecified atom stereocenters. The minimum absolute atomic E-state index is 0.521. The number of nitro groups is 1. The van der Waals surface area contributed by atoms with Crippen LogP contribution < -0.4 is 0 Å². The van der Waals surface area contributed by atoms with Crippen LogP contribution in [-0.2, 0) is 0 Å². The molecule has 3 nitrogen and oxygen atoms in total. The van der Waals surface area contributed by atoms with Crippen molar-refractivity contribution in [2.75, 3.05) is 0 Å². The summed E-state index contributed by atoms with van der Waals surface area (Å²) in [6.45, 7) is 1.92. The normalized spacial score (nSPS) is 12.5. The van der Waals surface area contributed by atoms with E-state index in [1.54, 1.807) is 24.3 Å². The van der Waals surface area contributed by atoms with Crippen molar-refractivity contribution >= 4 is 11.6 Å². The van der Waals surface area contributed by atoms with Gasteiger partial charge in [0.25, 0.3) is 0 Å². The van der Waals surface area contributed by atoms with E-state index in [0.29, 0.717) is 5.56 Å². The van der Waals surface area contributed by atoms with Gasteiger partial charge in [-0.3, -0.25) is 10.1 Å². The minimum Gasteiger partial charge on any atom is -0.263 e. The molecule has 0 N–H and O–H groups in total. The van der Waals surface area contributed by atoms with Gasteiger partial charge in [-0.1, -0.05) is 29.8 Å². The van der Waals surface area contributed by atoms with E-state index in [1.807, 2.05) is 6.92 Å². The molecule has 0 heterocycles. The van der Waals surface area contributed by atoms with Crippen molar-refractivity contribution in [3.63, 3.8) is 0 Å². The van der Waals surface area contributed by atoms with Crippen LogP contribution in [0.2, 0.25) is 0 Å². The highest BCUT2D eigenvalue weighted by Crippen LogP contribution is 2.20. The summed E-state index contributed by atoms with van der Waals surface area (Å²) in [7, 11) is 0. The Labute approximate surface area is 75.1 Å². The van der Waals surface area contributed by atoms with Gasteiger partial charge < -0.3 is 0 Å². The summed E-state index contributed by atoms with van der Waals surface area (Å²) < 4.78 is 0. The summed E-state index contributed by atoms with van der Waals surface area (Å²) in [5.41, 5.74) is 0.448. The van der Waals surface area contributed by atoms with Crippen molar-refractivity contribution in [1.29, 1.82) is 0 Å². The highest BCUT2D eigenvalue weighted by Gasteiger charge is 2.17. The van der Waals surface area contributed by atoms with Crippen molar-refractivity contribution in [2.24, 2.45) is 0 Å². The molecule has 1 aromatic carbocycles. The Hall–Kier alpha value is -1.09. The molecule has 0 aliphatic heterocycles. The van der Waals surface area contributed by atoms with Crippen LogP contribution in [0.15, 0.2) is 24.3 Å². The van der Waals surface area contributed by atoms with Crippen molar-refractivity contribution in [1.82, 2.24) is 0 Å².